The summed E-state index contributed by atoms with van der Waals surface area (Å²) < 4.78 is 0. The zero-order valence-electron chi connectivity index (χ0n) is 14.6. The number of anilines is 2. The van der Waals surface area contributed by atoms with Crippen LogP contribution in [0, 0.1) is 0 Å². The van der Waals surface area contributed by atoms with Gasteiger partial charge >= 0.3 is 0 Å². The van der Waals surface area contributed by atoms with Crippen molar-refractivity contribution in [3.63, 3.8) is 0 Å². The van der Waals surface area contributed by atoms with Gasteiger partial charge < -0.3 is 16.4 Å². The minimum absolute atomic E-state index is 0.241. The first-order valence-electron chi connectivity index (χ1n) is 8.37. The predicted octanol–water partition coefficient (Wildman–Crippen LogP) is 4.62. The molecule has 1 heterocycles. The van der Waals surface area contributed by atoms with Gasteiger partial charge in [0.25, 0.3) is 5.91 Å². The Hall–Kier alpha value is -2.54. The van der Waals surface area contributed by atoms with Crippen molar-refractivity contribution in [1.82, 2.24) is 5.32 Å². The number of nitrogens with two attached hydrogens (primary N) is 1. The smallest absolute Gasteiger partial charge is 0.262 e. The van der Waals surface area contributed by atoms with E-state index < -0.39 is 6.04 Å². The van der Waals surface area contributed by atoms with E-state index in [0.717, 1.165) is 5.56 Å². The van der Waals surface area contributed by atoms with Crippen LogP contribution in [0.15, 0.2) is 60.0 Å². The summed E-state index contributed by atoms with van der Waals surface area (Å²) in [6.45, 7) is 0. The average Bonchev–Trinajstić information content (AvgIpc) is 3.21. The number of nitrogen functional groups attached to an aromatic ring is 1. The van der Waals surface area contributed by atoms with Gasteiger partial charge in [0, 0.05) is 12.1 Å². The number of nitrogens with one attached hydrogen (secondary N) is 2. The normalized spacial score (nSPS) is 11.6. The Bertz CT molecular complexity index is 955. The summed E-state index contributed by atoms with van der Waals surface area (Å²) in [6.07, 6.45) is 0.334. The van der Waals surface area contributed by atoms with Gasteiger partial charge in [-0.1, -0.05) is 59.6 Å². The van der Waals surface area contributed by atoms with Crippen LogP contribution in [-0.2, 0) is 11.2 Å². The molecule has 1 aromatic heterocycles. The summed E-state index contributed by atoms with van der Waals surface area (Å²) >= 11 is 13.4. The molecule has 8 heteroatoms. The molecule has 2 aromatic carbocycles. The Balaban J connectivity index is 1.80. The molecule has 3 aromatic rings. The summed E-state index contributed by atoms with van der Waals surface area (Å²) in [6, 6.07) is 15.2. The van der Waals surface area contributed by atoms with E-state index in [4.69, 9.17) is 28.9 Å². The Labute approximate surface area is 176 Å². The average molecular weight is 434 g/mol. The number of hydrogen-bond acceptors (Lipinski definition) is 4. The molecule has 0 radical (unpaired) electrons. The Morgan fingerprint density at radius 3 is 2.32 bits per heavy atom. The lowest BCUT2D eigenvalue weighted by Crippen LogP contribution is -2.45. The lowest BCUT2D eigenvalue weighted by atomic mass is 10.0. The highest BCUT2D eigenvalue weighted by atomic mass is 35.5. The molecule has 0 aliphatic carbocycles. The molecule has 3 rings (SSSR count). The van der Waals surface area contributed by atoms with Crippen molar-refractivity contribution in [2.75, 3.05) is 11.1 Å². The number of halogens is 2. The molecule has 0 aliphatic heterocycles. The molecule has 144 valence electrons. The van der Waals surface area contributed by atoms with Gasteiger partial charge in [0.2, 0.25) is 5.91 Å². The molecule has 4 N–H and O–H groups in total. The molecular formula is C20H17Cl2N3O2S. The highest BCUT2D eigenvalue weighted by molar-refractivity contribution is 7.12. The van der Waals surface area contributed by atoms with Crippen molar-refractivity contribution in [1.29, 1.82) is 0 Å². The molecule has 0 fully saturated rings. The first kappa shape index (κ1) is 20.2. The largest absolute Gasteiger partial charge is 0.396 e. The van der Waals surface area contributed by atoms with Gasteiger partial charge in [-0.25, -0.2) is 0 Å². The van der Waals surface area contributed by atoms with E-state index in [2.05, 4.69) is 10.6 Å². The van der Waals surface area contributed by atoms with Gasteiger partial charge in [0.05, 0.1) is 20.6 Å². The van der Waals surface area contributed by atoms with Crippen molar-refractivity contribution >= 4 is 57.7 Å². The molecule has 1 unspecified atom stereocenters. The van der Waals surface area contributed by atoms with Crippen LogP contribution in [0.5, 0.6) is 0 Å². The summed E-state index contributed by atoms with van der Waals surface area (Å²) in [5, 5.41) is 7.83. The van der Waals surface area contributed by atoms with Crippen LogP contribution < -0.4 is 16.4 Å². The Morgan fingerprint density at radius 1 is 1.04 bits per heavy atom. The highest BCUT2D eigenvalue weighted by Crippen LogP contribution is 2.31. The number of amides is 2. The maximum absolute atomic E-state index is 12.9. The molecule has 0 saturated carbocycles. The van der Waals surface area contributed by atoms with Crippen molar-refractivity contribution in [2.24, 2.45) is 0 Å². The third kappa shape index (κ3) is 5.04. The number of carbonyl (C=O) groups is 2. The van der Waals surface area contributed by atoms with Crippen molar-refractivity contribution in [2.45, 2.75) is 12.5 Å². The van der Waals surface area contributed by atoms with Gasteiger partial charge in [-0.2, -0.15) is 0 Å². The van der Waals surface area contributed by atoms with E-state index in [-0.39, 0.29) is 27.5 Å². The van der Waals surface area contributed by atoms with E-state index in [0.29, 0.717) is 17.0 Å². The predicted molar refractivity (Wildman–Crippen MR) is 115 cm³/mol. The van der Waals surface area contributed by atoms with Crippen LogP contribution in [0.1, 0.15) is 15.2 Å². The molecule has 28 heavy (non-hydrogen) atoms. The van der Waals surface area contributed by atoms with Crippen molar-refractivity contribution in [3.05, 3.63) is 80.5 Å². The summed E-state index contributed by atoms with van der Waals surface area (Å²) in [7, 11) is 0. The summed E-state index contributed by atoms with van der Waals surface area (Å²) in [5.74, 6) is -0.690. The number of thiophene rings is 1. The monoisotopic (exact) mass is 433 g/mol. The standard InChI is InChI=1S/C20H17Cl2N3O2S/c21-14-10-13(11-15(22)18(14)23)24-19(26)16(9-12-5-2-1-3-6-12)25-20(27)17-7-4-8-28-17/h1-8,10-11,16H,9,23H2,(H,24,26)(H,25,27). The molecule has 2 amide bonds. The molecule has 0 saturated heterocycles. The number of hydrogen-bond donors (Lipinski definition) is 3. The van der Waals surface area contributed by atoms with Crippen molar-refractivity contribution in [3.8, 4) is 0 Å². The maximum Gasteiger partial charge on any atom is 0.262 e. The van der Waals surface area contributed by atoms with Gasteiger partial charge in [-0.15, -0.1) is 11.3 Å². The molecule has 0 aliphatic rings. The number of rotatable bonds is 6. The molecule has 0 bridgehead atoms. The van der Waals surface area contributed by atoms with Crippen LogP contribution >= 0.6 is 34.5 Å². The number of benzene rings is 2. The molecule has 1 atom stereocenters. The van der Waals surface area contributed by atoms with Crippen molar-refractivity contribution < 1.29 is 9.59 Å². The van der Waals surface area contributed by atoms with Crippen LogP contribution in [0.4, 0.5) is 11.4 Å². The molecule has 0 spiro atoms. The fourth-order valence-electron chi connectivity index (χ4n) is 2.58. The SMILES string of the molecule is Nc1c(Cl)cc(NC(=O)C(Cc2ccccc2)NC(=O)c2cccs2)cc1Cl. The highest BCUT2D eigenvalue weighted by Gasteiger charge is 2.23. The minimum Gasteiger partial charge on any atom is -0.396 e. The summed E-state index contributed by atoms with van der Waals surface area (Å²) in [5.41, 5.74) is 7.29. The van der Waals surface area contributed by atoms with E-state index in [1.54, 1.807) is 17.5 Å². The first-order chi connectivity index (χ1) is 13.4. The lowest BCUT2D eigenvalue weighted by Gasteiger charge is -2.19. The van der Waals surface area contributed by atoms with Crippen LogP contribution in [0.3, 0.4) is 0 Å². The molecular weight excluding hydrogens is 417 g/mol. The molecule has 5 nitrogen and oxygen atoms in total. The van der Waals surface area contributed by atoms with Crippen LogP contribution in [0.2, 0.25) is 10.0 Å². The van der Waals surface area contributed by atoms with Crippen LogP contribution in [0.25, 0.3) is 0 Å². The van der Waals surface area contributed by atoms with E-state index in [1.165, 1.54) is 23.5 Å². The second-order valence-electron chi connectivity index (χ2n) is 6.04. The van der Waals surface area contributed by atoms with E-state index in [9.17, 15) is 9.59 Å². The fourth-order valence-corrected chi connectivity index (χ4v) is 3.70. The lowest BCUT2D eigenvalue weighted by molar-refractivity contribution is -0.118. The first-order valence-corrected chi connectivity index (χ1v) is 10.0. The third-order valence-corrected chi connectivity index (χ3v) is 5.49. The zero-order chi connectivity index (χ0) is 20.1. The fraction of sp³-hybridized carbons (Fsp3) is 0.100. The zero-order valence-corrected chi connectivity index (χ0v) is 16.9. The Morgan fingerprint density at radius 2 is 1.71 bits per heavy atom. The summed E-state index contributed by atoms with van der Waals surface area (Å²) in [4.78, 5) is 25.9. The van der Waals surface area contributed by atoms with E-state index in [1.807, 2.05) is 30.3 Å². The quantitative estimate of drug-likeness (QED) is 0.495. The topological polar surface area (TPSA) is 84.2 Å². The second-order valence-corrected chi connectivity index (χ2v) is 7.80. The van der Waals surface area contributed by atoms with Gasteiger partial charge in [-0.05, 0) is 29.1 Å². The number of carbonyl (C=O) groups excluding carboxylic acids is 2. The third-order valence-electron chi connectivity index (χ3n) is 4.00. The second kappa shape index (κ2) is 9.10. The van der Waals surface area contributed by atoms with Gasteiger partial charge in [0.15, 0.2) is 0 Å². The maximum atomic E-state index is 12.9. The van der Waals surface area contributed by atoms with Gasteiger partial charge in [0.1, 0.15) is 6.04 Å². The Kier molecular flexibility index (Phi) is 6.57. The van der Waals surface area contributed by atoms with Gasteiger partial charge in [-0.3, -0.25) is 9.59 Å². The van der Waals surface area contributed by atoms with E-state index >= 15 is 0 Å². The minimum atomic E-state index is -0.785. The van der Waals surface area contributed by atoms with Crippen LogP contribution in [-0.4, -0.2) is 17.9 Å².